The second-order valence-corrected chi connectivity index (χ2v) is 8.40. The van der Waals surface area contributed by atoms with Gasteiger partial charge in [0.1, 0.15) is 0 Å². The maximum Gasteiger partial charge on any atom is 0.224 e. The zero-order chi connectivity index (χ0) is 20.6. The van der Waals surface area contributed by atoms with E-state index in [1.54, 1.807) is 14.2 Å². The molecule has 1 aliphatic heterocycles. The van der Waals surface area contributed by atoms with E-state index in [1.165, 1.54) is 17.1 Å². The highest BCUT2D eigenvalue weighted by atomic mass is 32.2. The maximum atomic E-state index is 12.6. The van der Waals surface area contributed by atoms with Crippen molar-refractivity contribution < 1.29 is 14.3 Å². The number of nitrogens with zero attached hydrogens (tertiary/aromatic N) is 1. The molecule has 1 saturated heterocycles. The van der Waals surface area contributed by atoms with Crippen molar-refractivity contribution in [3.05, 3.63) is 53.1 Å². The number of anilines is 1. The van der Waals surface area contributed by atoms with Gasteiger partial charge in [-0.2, -0.15) is 11.8 Å². The van der Waals surface area contributed by atoms with E-state index in [9.17, 15) is 4.79 Å². The molecular formula is C23H30N2O3S. The highest BCUT2D eigenvalue weighted by Gasteiger charge is 2.15. The molecule has 0 unspecified atom stereocenters. The highest BCUT2D eigenvalue weighted by molar-refractivity contribution is 7.99. The van der Waals surface area contributed by atoms with Crippen LogP contribution in [0.1, 0.15) is 23.1 Å². The number of aryl methyl sites for hydroxylation is 1. The molecule has 0 aliphatic carbocycles. The van der Waals surface area contributed by atoms with Crippen LogP contribution in [-0.2, 0) is 17.8 Å². The summed E-state index contributed by atoms with van der Waals surface area (Å²) in [4.78, 5) is 15.1. The third-order valence-corrected chi connectivity index (χ3v) is 6.27. The summed E-state index contributed by atoms with van der Waals surface area (Å²) < 4.78 is 10.8. The number of carbonyl (C=O) groups excluding carboxylic acids is 1. The average molecular weight is 415 g/mol. The van der Waals surface area contributed by atoms with Crippen LogP contribution in [-0.4, -0.2) is 49.6 Å². The van der Waals surface area contributed by atoms with Crippen LogP contribution in [0.4, 0.5) is 5.69 Å². The van der Waals surface area contributed by atoms with Crippen LogP contribution in [0.5, 0.6) is 11.5 Å². The Labute approximate surface area is 177 Å². The number of benzene rings is 2. The number of ether oxygens (including phenoxy) is 2. The zero-order valence-electron chi connectivity index (χ0n) is 17.5. The molecule has 0 saturated carbocycles. The lowest BCUT2D eigenvalue weighted by Crippen LogP contribution is -2.32. The summed E-state index contributed by atoms with van der Waals surface area (Å²) >= 11 is 2.02. The first-order valence-electron chi connectivity index (χ1n) is 10.0. The number of para-hydroxylation sites is 1. The quantitative estimate of drug-likeness (QED) is 0.704. The standard InChI is InChI=1S/C23H30N2O3S/c1-17-19(16-25-12-14-29-15-13-25)7-4-8-20(17)24-22(26)11-10-18-6-5-9-21(27-2)23(18)28-3/h4-9H,10-16H2,1-3H3,(H,24,26). The predicted octanol–water partition coefficient (Wildman–Crippen LogP) is 4.13. The predicted molar refractivity (Wildman–Crippen MR) is 120 cm³/mol. The van der Waals surface area contributed by atoms with Crippen LogP contribution in [0.15, 0.2) is 36.4 Å². The van der Waals surface area contributed by atoms with E-state index < -0.39 is 0 Å². The number of rotatable bonds is 8. The summed E-state index contributed by atoms with van der Waals surface area (Å²) in [6, 6.07) is 11.9. The van der Waals surface area contributed by atoms with Gasteiger partial charge in [-0.1, -0.05) is 24.3 Å². The molecule has 1 aliphatic rings. The topological polar surface area (TPSA) is 50.8 Å². The number of hydrogen-bond acceptors (Lipinski definition) is 5. The van der Waals surface area contributed by atoms with Crippen LogP contribution in [0.3, 0.4) is 0 Å². The Morgan fingerprint density at radius 1 is 1.07 bits per heavy atom. The number of hydrogen-bond donors (Lipinski definition) is 1. The van der Waals surface area contributed by atoms with Crippen molar-refractivity contribution in [2.75, 3.05) is 44.1 Å². The van der Waals surface area contributed by atoms with Crippen molar-refractivity contribution in [1.29, 1.82) is 0 Å². The van der Waals surface area contributed by atoms with Gasteiger partial charge in [-0.25, -0.2) is 0 Å². The van der Waals surface area contributed by atoms with E-state index in [0.29, 0.717) is 24.3 Å². The van der Waals surface area contributed by atoms with Crippen LogP contribution < -0.4 is 14.8 Å². The summed E-state index contributed by atoms with van der Waals surface area (Å²) in [6.45, 7) is 5.29. The third kappa shape index (κ3) is 5.67. The number of thioether (sulfide) groups is 1. The van der Waals surface area contributed by atoms with E-state index >= 15 is 0 Å². The summed E-state index contributed by atoms with van der Waals surface area (Å²) in [6.07, 6.45) is 0.979. The van der Waals surface area contributed by atoms with Gasteiger partial charge < -0.3 is 14.8 Å². The fourth-order valence-electron chi connectivity index (χ4n) is 3.60. The molecule has 1 amide bonds. The molecule has 3 rings (SSSR count). The summed E-state index contributed by atoms with van der Waals surface area (Å²) in [5.74, 6) is 3.78. The molecule has 1 heterocycles. The van der Waals surface area contributed by atoms with Gasteiger partial charge >= 0.3 is 0 Å². The molecule has 2 aromatic rings. The van der Waals surface area contributed by atoms with Gasteiger partial charge in [-0.15, -0.1) is 0 Å². The fourth-order valence-corrected chi connectivity index (χ4v) is 4.58. The SMILES string of the molecule is COc1cccc(CCC(=O)Nc2cccc(CN3CCSCC3)c2C)c1OC. The van der Waals surface area contributed by atoms with Crippen LogP contribution in [0, 0.1) is 6.92 Å². The number of nitrogens with one attached hydrogen (secondary N) is 1. The Balaban J connectivity index is 1.61. The average Bonchev–Trinajstić information content (AvgIpc) is 2.75. The Kier molecular flexibility index (Phi) is 7.83. The van der Waals surface area contributed by atoms with Crippen LogP contribution in [0.2, 0.25) is 0 Å². The molecule has 5 nitrogen and oxygen atoms in total. The first-order valence-corrected chi connectivity index (χ1v) is 11.2. The monoisotopic (exact) mass is 414 g/mol. The molecule has 156 valence electrons. The lowest BCUT2D eigenvalue weighted by molar-refractivity contribution is -0.116. The van der Waals surface area contributed by atoms with Gasteiger partial charge in [0.05, 0.1) is 14.2 Å². The summed E-state index contributed by atoms with van der Waals surface area (Å²) in [5.41, 5.74) is 4.30. The van der Waals surface area contributed by atoms with Crippen molar-refractivity contribution >= 4 is 23.4 Å². The first kappa shape index (κ1) is 21.5. The minimum absolute atomic E-state index is 0.00416. The highest BCUT2D eigenvalue weighted by Crippen LogP contribution is 2.31. The molecule has 29 heavy (non-hydrogen) atoms. The second kappa shape index (κ2) is 10.6. The Morgan fingerprint density at radius 2 is 1.79 bits per heavy atom. The molecule has 0 atom stereocenters. The molecular weight excluding hydrogens is 384 g/mol. The molecule has 0 radical (unpaired) electrons. The number of amides is 1. The van der Waals surface area contributed by atoms with Gasteiger partial charge in [0, 0.05) is 43.2 Å². The third-order valence-electron chi connectivity index (χ3n) is 5.32. The normalized spacial score (nSPS) is 14.4. The van der Waals surface area contributed by atoms with Crippen molar-refractivity contribution in [3.63, 3.8) is 0 Å². The lowest BCUT2D eigenvalue weighted by atomic mass is 10.0. The smallest absolute Gasteiger partial charge is 0.224 e. The van der Waals surface area contributed by atoms with E-state index in [2.05, 4.69) is 23.2 Å². The van der Waals surface area contributed by atoms with Gasteiger partial charge in [0.2, 0.25) is 5.91 Å². The fraction of sp³-hybridized carbons (Fsp3) is 0.435. The van der Waals surface area contributed by atoms with Gasteiger partial charge in [0.25, 0.3) is 0 Å². The summed E-state index contributed by atoms with van der Waals surface area (Å²) in [5, 5.41) is 3.09. The van der Waals surface area contributed by atoms with Crippen LogP contribution in [0.25, 0.3) is 0 Å². The Morgan fingerprint density at radius 3 is 2.52 bits per heavy atom. The summed E-state index contributed by atoms with van der Waals surface area (Å²) in [7, 11) is 3.24. The van der Waals surface area contributed by atoms with E-state index in [0.717, 1.165) is 36.4 Å². The van der Waals surface area contributed by atoms with Crippen molar-refractivity contribution in [2.24, 2.45) is 0 Å². The maximum absolute atomic E-state index is 12.6. The van der Waals surface area contributed by atoms with Crippen LogP contribution >= 0.6 is 11.8 Å². The van der Waals surface area contributed by atoms with Crippen molar-refractivity contribution in [3.8, 4) is 11.5 Å². The second-order valence-electron chi connectivity index (χ2n) is 7.18. The lowest BCUT2D eigenvalue weighted by Gasteiger charge is -2.27. The molecule has 6 heteroatoms. The Hall–Kier alpha value is -2.18. The minimum Gasteiger partial charge on any atom is -0.493 e. The van der Waals surface area contributed by atoms with Crippen molar-refractivity contribution in [2.45, 2.75) is 26.3 Å². The van der Waals surface area contributed by atoms with E-state index in [4.69, 9.17) is 9.47 Å². The van der Waals surface area contributed by atoms with Gasteiger partial charge in [-0.3, -0.25) is 9.69 Å². The molecule has 1 fully saturated rings. The minimum atomic E-state index is 0.00416. The number of carbonyl (C=O) groups is 1. The zero-order valence-corrected chi connectivity index (χ0v) is 18.3. The molecule has 0 spiro atoms. The van der Waals surface area contributed by atoms with Gasteiger partial charge in [0.15, 0.2) is 11.5 Å². The van der Waals surface area contributed by atoms with E-state index in [-0.39, 0.29) is 5.91 Å². The van der Waals surface area contributed by atoms with E-state index in [1.807, 2.05) is 42.1 Å². The molecule has 0 aromatic heterocycles. The Bertz CT molecular complexity index is 835. The molecule has 2 aromatic carbocycles. The van der Waals surface area contributed by atoms with Crippen molar-refractivity contribution in [1.82, 2.24) is 4.90 Å². The largest absolute Gasteiger partial charge is 0.493 e. The molecule has 0 bridgehead atoms. The molecule has 1 N–H and O–H groups in total. The van der Waals surface area contributed by atoms with Gasteiger partial charge in [-0.05, 0) is 42.2 Å². The first-order chi connectivity index (χ1) is 14.1. The number of methoxy groups -OCH3 is 2.